The van der Waals surface area contributed by atoms with Gasteiger partial charge in [0.15, 0.2) is 0 Å². The van der Waals surface area contributed by atoms with Crippen molar-refractivity contribution in [2.24, 2.45) is 11.8 Å². The van der Waals surface area contributed by atoms with Gasteiger partial charge in [0.2, 0.25) is 0 Å². The Labute approximate surface area is 76.5 Å². The fourth-order valence-corrected chi connectivity index (χ4v) is 1.05. The second-order valence-corrected chi connectivity index (χ2v) is 2.85. The van der Waals surface area contributed by atoms with E-state index in [0.29, 0.717) is 0 Å². The molecule has 0 heterocycles. The third kappa shape index (κ3) is 2.57. The van der Waals surface area contributed by atoms with Crippen molar-refractivity contribution in [2.45, 2.75) is 13.3 Å². The predicted molar refractivity (Wildman–Crippen MR) is 44.9 cm³/mol. The lowest BCUT2D eigenvalue weighted by Crippen LogP contribution is -2.15. The molecular weight excluding hydrogens is 172 g/mol. The summed E-state index contributed by atoms with van der Waals surface area (Å²) in [5.74, 6) is -0.535. The summed E-state index contributed by atoms with van der Waals surface area (Å²) in [5.41, 5.74) is 0. The molecule has 1 saturated carbocycles. The smallest absolute Gasteiger partial charge is 0.434 e. The SMILES string of the molecule is C=CC1CC1C(=O)OC(=O)OCC. The Morgan fingerprint density at radius 2 is 2.31 bits per heavy atom. The minimum atomic E-state index is -0.915. The van der Waals surface area contributed by atoms with E-state index in [1.165, 1.54) is 0 Å². The quantitative estimate of drug-likeness (QED) is 0.379. The molecule has 0 saturated heterocycles. The molecular formula is C9H12O4. The van der Waals surface area contributed by atoms with Gasteiger partial charge < -0.3 is 9.47 Å². The van der Waals surface area contributed by atoms with Crippen LogP contribution in [0.1, 0.15) is 13.3 Å². The van der Waals surface area contributed by atoms with Crippen LogP contribution >= 0.6 is 0 Å². The number of rotatable bonds is 3. The van der Waals surface area contributed by atoms with Crippen LogP contribution in [-0.4, -0.2) is 18.7 Å². The predicted octanol–water partition coefficient (Wildman–Crippen LogP) is 1.51. The van der Waals surface area contributed by atoms with E-state index >= 15 is 0 Å². The first-order valence-electron chi connectivity index (χ1n) is 4.20. The first-order chi connectivity index (χ1) is 6.19. The van der Waals surface area contributed by atoms with Crippen LogP contribution in [0.15, 0.2) is 12.7 Å². The number of hydrogen-bond acceptors (Lipinski definition) is 4. The summed E-state index contributed by atoms with van der Waals surface area (Å²) in [6.07, 6.45) is 1.50. The van der Waals surface area contributed by atoms with Gasteiger partial charge in [0.05, 0.1) is 12.5 Å². The molecule has 0 aromatic heterocycles. The van der Waals surface area contributed by atoms with Gasteiger partial charge in [0.1, 0.15) is 0 Å². The normalized spacial score (nSPS) is 24.7. The molecule has 72 valence electrons. The molecule has 1 fully saturated rings. The van der Waals surface area contributed by atoms with Gasteiger partial charge >= 0.3 is 12.1 Å². The summed E-state index contributed by atoms with van der Waals surface area (Å²) in [6, 6.07) is 0. The summed E-state index contributed by atoms with van der Waals surface area (Å²) >= 11 is 0. The van der Waals surface area contributed by atoms with Crippen molar-refractivity contribution in [1.82, 2.24) is 0 Å². The number of ether oxygens (including phenoxy) is 2. The van der Waals surface area contributed by atoms with Crippen molar-refractivity contribution in [3.63, 3.8) is 0 Å². The zero-order valence-corrected chi connectivity index (χ0v) is 7.49. The second kappa shape index (κ2) is 4.07. The average molecular weight is 184 g/mol. The standard InChI is InChI=1S/C9H12O4/c1-3-6-5-7(6)8(10)13-9(11)12-4-2/h3,6-7H,1,4-5H2,2H3. The number of esters is 1. The summed E-state index contributed by atoms with van der Waals surface area (Å²) in [7, 11) is 0. The van der Waals surface area contributed by atoms with Gasteiger partial charge in [-0.05, 0) is 19.3 Å². The van der Waals surface area contributed by atoms with E-state index in [2.05, 4.69) is 16.1 Å². The first kappa shape index (κ1) is 9.77. The molecule has 0 N–H and O–H groups in total. The van der Waals surface area contributed by atoms with Crippen molar-refractivity contribution in [2.75, 3.05) is 6.61 Å². The second-order valence-electron chi connectivity index (χ2n) is 2.85. The molecule has 13 heavy (non-hydrogen) atoms. The molecule has 1 rings (SSSR count). The Kier molecular flexibility index (Phi) is 3.06. The largest absolute Gasteiger partial charge is 0.516 e. The third-order valence-electron chi connectivity index (χ3n) is 1.89. The van der Waals surface area contributed by atoms with Crippen LogP contribution in [0.25, 0.3) is 0 Å². The molecule has 0 bridgehead atoms. The molecule has 0 radical (unpaired) electrons. The van der Waals surface area contributed by atoms with Crippen LogP contribution in [0.2, 0.25) is 0 Å². The van der Waals surface area contributed by atoms with E-state index in [1.54, 1.807) is 13.0 Å². The minimum absolute atomic E-state index is 0.168. The molecule has 1 aliphatic rings. The summed E-state index contributed by atoms with van der Waals surface area (Å²) < 4.78 is 8.85. The van der Waals surface area contributed by atoms with E-state index in [4.69, 9.17) is 0 Å². The molecule has 4 heteroatoms. The van der Waals surface area contributed by atoms with Gasteiger partial charge in [-0.3, -0.25) is 4.79 Å². The number of carbonyl (C=O) groups excluding carboxylic acids is 2. The van der Waals surface area contributed by atoms with Gasteiger partial charge in [-0.1, -0.05) is 6.08 Å². The maximum absolute atomic E-state index is 11.1. The molecule has 0 aliphatic heterocycles. The topological polar surface area (TPSA) is 52.6 Å². The highest BCUT2D eigenvalue weighted by Gasteiger charge is 2.43. The van der Waals surface area contributed by atoms with Crippen LogP contribution in [0.3, 0.4) is 0 Å². The van der Waals surface area contributed by atoms with E-state index in [0.717, 1.165) is 6.42 Å². The monoisotopic (exact) mass is 184 g/mol. The summed E-state index contributed by atoms with van der Waals surface area (Å²) in [6.45, 7) is 5.41. The number of carbonyl (C=O) groups is 2. The van der Waals surface area contributed by atoms with Crippen molar-refractivity contribution < 1.29 is 19.1 Å². The van der Waals surface area contributed by atoms with Gasteiger partial charge in [-0.25, -0.2) is 4.79 Å². The molecule has 0 aromatic carbocycles. The molecule has 2 atom stereocenters. The maximum atomic E-state index is 11.1. The van der Waals surface area contributed by atoms with Crippen LogP contribution in [0.4, 0.5) is 4.79 Å². The van der Waals surface area contributed by atoms with Crippen LogP contribution in [-0.2, 0) is 14.3 Å². The molecule has 0 amide bonds. The Bertz CT molecular complexity index is 234. The Morgan fingerprint density at radius 1 is 1.62 bits per heavy atom. The zero-order chi connectivity index (χ0) is 9.84. The first-order valence-corrected chi connectivity index (χ1v) is 4.20. The molecule has 0 spiro atoms. The number of allylic oxidation sites excluding steroid dienone is 1. The van der Waals surface area contributed by atoms with E-state index in [1.807, 2.05) is 0 Å². The summed E-state index contributed by atoms with van der Waals surface area (Å²) in [5, 5.41) is 0. The maximum Gasteiger partial charge on any atom is 0.516 e. The van der Waals surface area contributed by atoms with E-state index < -0.39 is 12.1 Å². The van der Waals surface area contributed by atoms with Crippen molar-refractivity contribution in [3.05, 3.63) is 12.7 Å². The zero-order valence-electron chi connectivity index (χ0n) is 7.49. The van der Waals surface area contributed by atoms with Gasteiger partial charge in [0.25, 0.3) is 0 Å². The fourth-order valence-electron chi connectivity index (χ4n) is 1.05. The Morgan fingerprint density at radius 3 is 2.77 bits per heavy atom. The van der Waals surface area contributed by atoms with Crippen LogP contribution in [0.5, 0.6) is 0 Å². The van der Waals surface area contributed by atoms with Crippen LogP contribution in [0, 0.1) is 11.8 Å². The van der Waals surface area contributed by atoms with Crippen molar-refractivity contribution in [1.29, 1.82) is 0 Å². The van der Waals surface area contributed by atoms with Gasteiger partial charge in [-0.2, -0.15) is 0 Å². The highest BCUT2D eigenvalue weighted by molar-refractivity contribution is 5.85. The Balaban J connectivity index is 2.26. The van der Waals surface area contributed by atoms with Gasteiger partial charge in [0, 0.05) is 0 Å². The van der Waals surface area contributed by atoms with E-state index in [9.17, 15) is 9.59 Å². The third-order valence-corrected chi connectivity index (χ3v) is 1.89. The molecule has 4 nitrogen and oxygen atoms in total. The molecule has 0 aromatic rings. The molecule has 2 unspecified atom stereocenters. The van der Waals surface area contributed by atoms with E-state index in [-0.39, 0.29) is 18.4 Å². The minimum Gasteiger partial charge on any atom is -0.434 e. The summed E-state index contributed by atoms with van der Waals surface area (Å²) in [4.78, 5) is 21.8. The highest BCUT2D eigenvalue weighted by atomic mass is 16.7. The number of hydrogen-bond donors (Lipinski definition) is 0. The average Bonchev–Trinajstić information content (AvgIpc) is 2.82. The molecule has 1 aliphatic carbocycles. The lowest BCUT2D eigenvalue weighted by Gasteiger charge is -2.00. The lowest BCUT2D eigenvalue weighted by atomic mass is 10.3. The Hall–Kier alpha value is -1.32. The highest BCUT2D eigenvalue weighted by Crippen LogP contribution is 2.40. The van der Waals surface area contributed by atoms with Crippen LogP contribution < -0.4 is 0 Å². The fraction of sp³-hybridized carbons (Fsp3) is 0.556. The lowest BCUT2D eigenvalue weighted by molar-refractivity contribution is -0.141. The van der Waals surface area contributed by atoms with Crippen molar-refractivity contribution in [3.8, 4) is 0 Å². The van der Waals surface area contributed by atoms with Crippen molar-refractivity contribution >= 4 is 12.1 Å². The van der Waals surface area contributed by atoms with Gasteiger partial charge in [-0.15, -0.1) is 6.58 Å².